The van der Waals surface area contributed by atoms with Crippen LogP contribution in [0.3, 0.4) is 0 Å². The van der Waals surface area contributed by atoms with E-state index in [0.29, 0.717) is 0 Å². The fourth-order valence-electron chi connectivity index (χ4n) is 7.27. The first-order chi connectivity index (χ1) is 24.8. The predicted molar refractivity (Wildman–Crippen MR) is 217 cm³/mol. The lowest BCUT2D eigenvalue weighted by Gasteiger charge is -2.15. The molecule has 0 aliphatic carbocycles. The van der Waals surface area contributed by atoms with Crippen molar-refractivity contribution in [3.05, 3.63) is 176 Å². The van der Waals surface area contributed by atoms with Crippen LogP contribution in [0.5, 0.6) is 0 Å². The molecule has 50 heavy (non-hydrogen) atoms. The van der Waals surface area contributed by atoms with E-state index in [0.717, 1.165) is 28.1 Å². The SMILES string of the molecule is c1ccc(-c2cc(-c3cc(-c4cccc5c4sc4ccccc45)cc(-c4cccc5c4sc4ccccc45)c3)cc(-c3ccccc3)n2)cc1. The standard InChI is InChI=1S/C47H29NS2/c1-3-13-30(14-4-1)42-28-33(29-43(48-42)31-15-5-2-6-16-31)32-25-34(36-19-11-21-40-38-17-7-9-23-44(38)49-46(36)40)27-35(26-32)37-20-12-22-41-39-18-8-10-24-45(39)50-47(37)41/h1-29H. The van der Waals surface area contributed by atoms with E-state index in [1.165, 1.54) is 68.2 Å². The third-order valence-electron chi connectivity index (χ3n) is 9.66. The lowest BCUT2D eigenvalue weighted by atomic mass is 9.91. The normalized spacial score (nSPS) is 11.6. The van der Waals surface area contributed by atoms with Crippen LogP contribution in [0.2, 0.25) is 0 Å². The Balaban J connectivity index is 1.26. The summed E-state index contributed by atoms with van der Waals surface area (Å²) in [6.45, 7) is 0. The number of aromatic nitrogens is 1. The highest BCUT2D eigenvalue weighted by molar-refractivity contribution is 7.26. The summed E-state index contributed by atoms with van der Waals surface area (Å²) in [4.78, 5) is 5.19. The lowest BCUT2D eigenvalue weighted by molar-refractivity contribution is 1.32. The van der Waals surface area contributed by atoms with Gasteiger partial charge in [-0.1, -0.05) is 133 Å². The fourth-order valence-corrected chi connectivity index (χ4v) is 9.74. The number of hydrogen-bond acceptors (Lipinski definition) is 3. The number of fused-ring (bicyclic) bond motifs is 6. The van der Waals surface area contributed by atoms with Gasteiger partial charge in [0.25, 0.3) is 0 Å². The van der Waals surface area contributed by atoms with E-state index in [1.807, 2.05) is 22.7 Å². The molecule has 0 N–H and O–H groups in total. The summed E-state index contributed by atoms with van der Waals surface area (Å²) in [6.07, 6.45) is 0. The van der Waals surface area contributed by atoms with Crippen molar-refractivity contribution in [1.82, 2.24) is 4.98 Å². The van der Waals surface area contributed by atoms with Crippen LogP contribution in [-0.2, 0) is 0 Å². The molecule has 0 bridgehead atoms. The molecule has 0 saturated carbocycles. The number of benzene rings is 7. The first kappa shape index (κ1) is 29.1. The molecule has 0 amide bonds. The predicted octanol–water partition coefficient (Wildman–Crippen LogP) is 14.2. The smallest absolute Gasteiger partial charge is 0.0715 e. The Hall–Kier alpha value is -5.87. The monoisotopic (exact) mass is 671 g/mol. The molecule has 3 heteroatoms. The van der Waals surface area contributed by atoms with Gasteiger partial charge in [0, 0.05) is 51.5 Å². The van der Waals surface area contributed by atoms with Crippen LogP contribution in [0.25, 0.3) is 96.2 Å². The van der Waals surface area contributed by atoms with E-state index in [2.05, 4.69) is 176 Å². The van der Waals surface area contributed by atoms with E-state index >= 15 is 0 Å². The average Bonchev–Trinajstić information content (AvgIpc) is 3.77. The maximum atomic E-state index is 5.19. The molecule has 7 aromatic carbocycles. The van der Waals surface area contributed by atoms with Gasteiger partial charge in [0.1, 0.15) is 0 Å². The van der Waals surface area contributed by atoms with Gasteiger partial charge in [-0.15, -0.1) is 22.7 Å². The van der Waals surface area contributed by atoms with Crippen LogP contribution in [0.4, 0.5) is 0 Å². The van der Waals surface area contributed by atoms with E-state index < -0.39 is 0 Å². The Morgan fingerprint density at radius 1 is 0.300 bits per heavy atom. The second-order valence-corrected chi connectivity index (χ2v) is 14.8. The molecule has 0 radical (unpaired) electrons. The van der Waals surface area contributed by atoms with Gasteiger partial charge in [0.15, 0.2) is 0 Å². The van der Waals surface area contributed by atoms with Crippen LogP contribution < -0.4 is 0 Å². The molecule has 0 aliphatic rings. The molecule has 0 aliphatic heterocycles. The molecule has 0 spiro atoms. The Labute approximate surface area is 298 Å². The maximum Gasteiger partial charge on any atom is 0.0715 e. The largest absolute Gasteiger partial charge is 0.248 e. The van der Waals surface area contributed by atoms with Crippen molar-refractivity contribution in [3.63, 3.8) is 0 Å². The summed E-state index contributed by atoms with van der Waals surface area (Å²) in [6, 6.07) is 63.8. The highest BCUT2D eigenvalue weighted by Gasteiger charge is 2.17. The van der Waals surface area contributed by atoms with Crippen molar-refractivity contribution in [2.24, 2.45) is 0 Å². The molecule has 0 fully saturated rings. The van der Waals surface area contributed by atoms with Gasteiger partial charge in [-0.3, -0.25) is 0 Å². The second kappa shape index (κ2) is 11.9. The second-order valence-electron chi connectivity index (χ2n) is 12.7. The molecule has 0 unspecified atom stereocenters. The van der Waals surface area contributed by atoms with Crippen molar-refractivity contribution in [2.45, 2.75) is 0 Å². The van der Waals surface area contributed by atoms with Gasteiger partial charge >= 0.3 is 0 Å². The molecular weight excluding hydrogens is 643 g/mol. The highest BCUT2D eigenvalue weighted by atomic mass is 32.1. The van der Waals surface area contributed by atoms with E-state index in [1.54, 1.807) is 0 Å². The molecule has 10 aromatic rings. The summed E-state index contributed by atoms with van der Waals surface area (Å²) < 4.78 is 5.27. The Morgan fingerprint density at radius 2 is 0.700 bits per heavy atom. The number of nitrogens with zero attached hydrogens (tertiary/aromatic N) is 1. The van der Waals surface area contributed by atoms with Gasteiger partial charge in [-0.2, -0.15) is 0 Å². The number of hydrogen-bond donors (Lipinski definition) is 0. The zero-order valence-electron chi connectivity index (χ0n) is 27.0. The molecule has 3 aromatic heterocycles. The van der Waals surface area contributed by atoms with Gasteiger partial charge in [-0.25, -0.2) is 4.98 Å². The molecular formula is C47H29NS2. The van der Waals surface area contributed by atoms with Crippen LogP contribution >= 0.6 is 22.7 Å². The van der Waals surface area contributed by atoms with E-state index in [4.69, 9.17) is 4.98 Å². The van der Waals surface area contributed by atoms with Gasteiger partial charge < -0.3 is 0 Å². The summed E-state index contributed by atoms with van der Waals surface area (Å²) in [5, 5.41) is 5.25. The highest BCUT2D eigenvalue weighted by Crippen LogP contribution is 2.45. The molecule has 1 nitrogen and oxygen atoms in total. The van der Waals surface area contributed by atoms with Gasteiger partial charge in [0.2, 0.25) is 0 Å². The summed E-state index contributed by atoms with van der Waals surface area (Å²) in [5.74, 6) is 0. The van der Waals surface area contributed by atoms with Crippen molar-refractivity contribution in [3.8, 4) is 55.9 Å². The Morgan fingerprint density at radius 3 is 1.20 bits per heavy atom. The minimum absolute atomic E-state index is 0.965. The van der Waals surface area contributed by atoms with Crippen molar-refractivity contribution in [2.75, 3.05) is 0 Å². The maximum absolute atomic E-state index is 5.19. The fraction of sp³-hybridized carbons (Fsp3) is 0. The summed E-state index contributed by atoms with van der Waals surface area (Å²) in [5.41, 5.74) is 11.4. The molecule has 0 atom stereocenters. The Bertz CT molecular complexity index is 2670. The first-order valence-corrected chi connectivity index (χ1v) is 18.5. The van der Waals surface area contributed by atoms with Crippen molar-refractivity contribution in [1.29, 1.82) is 0 Å². The third-order valence-corrected chi connectivity index (χ3v) is 12.1. The van der Waals surface area contributed by atoms with Gasteiger partial charge in [0.05, 0.1) is 11.4 Å². The first-order valence-electron chi connectivity index (χ1n) is 16.9. The number of thiophene rings is 2. The van der Waals surface area contributed by atoms with Gasteiger partial charge in [-0.05, 0) is 75.8 Å². The molecule has 0 saturated heterocycles. The van der Waals surface area contributed by atoms with Crippen molar-refractivity contribution < 1.29 is 0 Å². The van der Waals surface area contributed by atoms with Crippen LogP contribution in [0, 0.1) is 0 Å². The minimum atomic E-state index is 0.965. The number of rotatable bonds is 5. The summed E-state index contributed by atoms with van der Waals surface area (Å²) in [7, 11) is 0. The van der Waals surface area contributed by atoms with Crippen LogP contribution in [-0.4, -0.2) is 4.98 Å². The lowest BCUT2D eigenvalue weighted by Crippen LogP contribution is -1.92. The van der Waals surface area contributed by atoms with Crippen molar-refractivity contribution >= 4 is 63.0 Å². The quantitative estimate of drug-likeness (QED) is 0.177. The zero-order valence-corrected chi connectivity index (χ0v) is 28.6. The van der Waals surface area contributed by atoms with E-state index in [9.17, 15) is 0 Å². The third kappa shape index (κ3) is 4.94. The topological polar surface area (TPSA) is 12.9 Å². The van der Waals surface area contributed by atoms with Crippen LogP contribution in [0.1, 0.15) is 0 Å². The minimum Gasteiger partial charge on any atom is -0.248 e. The summed E-state index contributed by atoms with van der Waals surface area (Å²) >= 11 is 3.77. The number of pyridine rings is 1. The van der Waals surface area contributed by atoms with Crippen LogP contribution in [0.15, 0.2) is 176 Å². The molecule has 10 rings (SSSR count). The van der Waals surface area contributed by atoms with E-state index in [-0.39, 0.29) is 0 Å². The molecule has 234 valence electrons. The average molecular weight is 672 g/mol. The zero-order chi connectivity index (χ0) is 33.0. The molecule has 3 heterocycles. The Kier molecular flexibility index (Phi) is 6.93.